The van der Waals surface area contributed by atoms with E-state index in [0.717, 1.165) is 19.3 Å². The number of hydrogen-bond donors (Lipinski definition) is 3. The van der Waals surface area contributed by atoms with Gasteiger partial charge in [-0.05, 0) is 25.0 Å². The Morgan fingerprint density at radius 1 is 1.17 bits per heavy atom. The molecule has 0 bridgehead atoms. The van der Waals surface area contributed by atoms with E-state index in [1.54, 1.807) is 12.1 Å². The zero-order chi connectivity index (χ0) is 17.1. The standard InChI is InChI=1S/C16H22N2O5/c1-23-15(21)10-5-3-2-4-9-14(20)18-17-11-12-7-6-8-13(19)16(12)22/h6-8,11,19,22H,2-5,9-10H2,1H3,(H,18,20)/b17-11+. The summed E-state index contributed by atoms with van der Waals surface area (Å²) in [5.41, 5.74) is 2.67. The van der Waals surface area contributed by atoms with Crippen LogP contribution < -0.4 is 5.43 Å². The zero-order valence-electron chi connectivity index (χ0n) is 13.1. The molecular formula is C16H22N2O5. The number of hydrazone groups is 1. The Hall–Kier alpha value is -2.57. The Morgan fingerprint density at radius 3 is 2.57 bits per heavy atom. The largest absolute Gasteiger partial charge is 0.504 e. The molecule has 0 saturated heterocycles. The first kappa shape index (κ1) is 18.5. The number of methoxy groups -OCH3 is 1. The fourth-order valence-electron chi connectivity index (χ4n) is 1.89. The number of aromatic hydroxyl groups is 2. The van der Waals surface area contributed by atoms with Gasteiger partial charge in [-0.2, -0.15) is 5.10 Å². The lowest BCUT2D eigenvalue weighted by Gasteiger charge is -2.02. The van der Waals surface area contributed by atoms with Gasteiger partial charge in [0.25, 0.3) is 0 Å². The smallest absolute Gasteiger partial charge is 0.305 e. The highest BCUT2D eigenvalue weighted by Gasteiger charge is 2.04. The Bertz CT molecular complexity index is 557. The van der Waals surface area contributed by atoms with Gasteiger partial charge in [-0.15, -0.1) is 0 Å². The molecule has 0 fully saturated rings. The van der Waals surface area contributed by atoms with Gasteiger partial charge in [-0.3, -0.25) is 9.59 Å². The van der Waals surface area contributed by atoms with Crippen LogP contribution in [-0.4, -0.2) is 35.4 Å². The average molecular weight is 322 g/mol. The lowest BCUT2D eigenvalue weighted by atomic mass is 10.1. The molecule has 0 aliphatic rings. The lowest BCUT2D eigenvalue weighted by Crippen LogP contribution is -2.16. The van der Waals surface area contributed by atoms with Gasteiger partial charge in [0.05, 0.1) is 13.3 Å². The molecule has 0 saturated carbocycles. The molecule has 0 atom stereocenters. The maximum absolute atomic E-state index is 11.6. The van der Waals surface area contributed by atoms with Gasteiger partial charge in [-0.1, -0.05) is 18.9 Å². The second-order valence-corrected chi connectivity index (χ2v) is 5.00. The molecule has 0 aromatic heterocycles. The normalized spacial score (nSPS) is 10.7. The van der Waals surface area contributed by atoms with Crippen LogP contribution in [0.3, 0.4) is 0 Å². The van der Waals surface area contributed by atoms with E-state index >= 15 is 0 Å². The van der Waals surface area contributed by atoms with Crippen molar-refractivity contribution < 1.29 is 24.5 Å². The van der Waals surface area contributed by atoms with Crippen LogP contribution in [0.15, 0.2) is 23.3 Å². The van der Waals surface area contributed by atoms with E-state index < -0.39 is 0 Å². The van der Waals surface area contributed by atoms with Crippen LogP contribution >= 0.6 is 0 Å². The highest BCUT2D eigenvalue weighted by molar-refractivity contribution is 5.86. The van der Waals surface area contributed by atoms with E-state index in [1.165, 1.54) is 19.4 Å². The number of ether oxygens (including phenoxy) is 1. The summed E-state index contributed by atoms with van der Waals surface area (Å²) in [5.74, 6) is -0.968. The van der Waals surface area contributed by atoms with Crippen molar-refractivity contribution in [3.05, 3.63) is 23.8 Å². The van der Waals surface area contributed by atoms with Crippen molar-refractivity contribution in [1.82, 2.24) is 5.43 Å². The maximum Gasteiger partial charge on any atom is 0.305 e. The average Bonchev–Trinajstić information content (AvgIpc) is 2.54. The van der Waals surface area contributed by atoms with E-state index in [4.69, 9.17) is 0 Å². The zero-order valence-corrected chi connectivity index (χ0v) is 13.1. The van der Waals surface area contributed by atoms with Crippen molar-refractivity contribution in [2.75, 3.05) is 7.11 Å². The molecule has 1 aromatic carbocycles. The highest BCUT2D eigenvalue weighted by Crippen LogP contribution is 2.26. The van der Waals surface area contributed by atoms with Crippen LogP contribution in [-0.2, 0) is 14.3 Å². The van der Waals surface area contributed by atoms with E-state index in [2.05, 4.69) is 15.3 Å². The third kappa shape index (κ3) is 7.30. The molecule has 1 rings (SSSR count). The molecule has 126 valence electrons. The molecule has 0 radical (unpaired) electrons. The van der Waals surface area contributed by atoms with Crippen molar-refractivity contribution in [3.8, 4) is 11.5 Å². The van der Waals surface area contributed by atoms with Crippen molar-refractivity contribution in [1.29, 1.82) is 0 Å². The van der Waals surface area contributed by atoms with Crippen LogP contribution in [0.1, 0.15) is 44.1 Å². The molecule has 1 aromatic rings. The number of carbonyl (C=O) groups is 2. The number of phenolic OH excluding ortho intramolecular Hbond substituents is 2. The summed E-state index contributed by atoms with van der Waals surface area (Å²) in [6.45, 7) is 0. The van der Waals surface area contributed by atoms with Crippen molar-refractivity contribution in [2.45, 2.75) is 38.5 Å². The van der Waals surface area contributed by atoms with Crippen LogP contribution in [0.5, 0.6) is 11.5 Å². The third-order valence-corrected chi connectivity index (χ3v) is 3.20. The number of nitrogens with one attached hydrogen (secondary N) is 1. The Morgan fingerprint density at radius 2 is 1.87 bits per heavy atom. The molecule has 7 heteroatoms. The summed E-state index contributed by atoms with van der Waals surface area (Å²) in [7, 11) is 1.36. The van der Waals surface area contributed by atoms with E-state index in [0.29, 0.717) is 24.8 Å². The van der Waals surface area contributed by atoms with Gasteiger partial charge in [0, 0.05) is 18.4 Å². The Kier molecular flexibility index (Phi) is 8.20. The predicted octanol–water partition coefficient (Wildman–Crippen LogP) is 2.06. The molecule has 3 N–H and O–H groups in total. The molecule has 0 heterocycles. The number of amides is 1. The molecular weight excluding hydrogens is 300 g/mol. The van der Waals surface area contributed by atoms with Gasteiger partial charge >= 0.3 is 5.97 Å². The van der Waals surface area contributed by atoms with Crippen molar-refractivity contribution in [2.24, 2.45) is 5.10 Å². The van der Waals surface area contributed by atoms with Crippen LogP contribution in [0, 0.1) is 0 Å². The summed E-state index contributed by atoms with van der Waals surface area (Å²) in [6.07, 6.45) is 5.18. The number of phenols is 2. The van der Waals surface area contributed by atoms with Gasteiger partial charge in [0.2, 0.25) is 5.91 Å². The first-order chi connectivity index (χ1) is 11.0. The summed E-state index contributed by atoms with van der Waals surface area (Å²) in [4.78, 5) is 22.5. The summed E-state index contributed by atoms with van der Waals surface area (Å²) in [6, 6.07) is 4.48. The van der Waals surface area contributed by atoms with Gasteiger partial charge in [0.15, 0.2) is 11.5 Å². The minimum atomic E-state index is -0.281. The number of hydrogen-bond acceptors (Lipinski definition) is 6. The van der Waals surface area contributed by atoms with Gasteiger partial charge in [-0.25, -0.2) is 5.43 Å². The first-order valence-electron chi connectivity index (χ1n) is 7.44. The minimum Gasteiger partial charge on any atom is -0.504 e. The molecule has 1 amide bonds. The van der Waals surface area contributed by atoms with Gasteiger partial charge in [0.1, 0.15) is 0 Å². The fraction of sp³-hybridized carbons (Fsp3) is 0.438. The number of rotatable bonds is 9. The second kappa shape index (κ2) is 10.2. The molecule has 0 spiro atoms. The first-order valence-corrected chi connectivity index (χ1v) is 7.44. The second-order valence-electron chi connectivity index (χ2n) is 5.00. The Balaban J connectivity index is 2.18. The summed E-state index contributed by atoms with van der Waals surface area (Å²) >= 11 is 0. The van der Waals surface area contributed by atoms with Crippen LogP contribution in [0.4, 0.5) is 0 Å². The number of benzene rings is 1. The maximum atomic E-state index is 11.6. The number of nitrogens with zero attached hydrogens (tertiary/aromatic N) is 1. The number of unbranched alkanes of at least 4 members (excludes halogenated alkanes) is 3. The number of para-hydroxylation sites is 1. The summed E-state index contributed by atoms with van der Waals surface area (Å²) in [5, 5.41) is 22.6. The fourth-order valence-corrected chi connectivity index (χ4v) is 1.89. The molecule has 0 aliphatic carbocycles. The van der Waals surface area contributed by atoms with Crippen LogP contribution in [0.2, 0.25) is 0 Å². The third-order valence-electron chi connectivity index (χ3n) is 3.20. The molecule has 0 unspecified atom stereocenters. The predicted molar refractivity (Wildman–Crippen MR) is 85.2 cm³/mol. The topological polar surface area (TPSA) is 108 Å². The molecule has 23 heavy (non-hydrogen) atoms. The lowest BCUT2D eigenvalue weighted by molar-refractivity contribution is -0.140. The van der Waals surface area contributed by atoms with Gasteiger partial charge < -0.3 is 14.9 Å². The SMILES string of the molecule is COC(=O)CCCCCCC(=O)N/N=C/c1cccc(O)c1O. The monoisotopic (exact) mass is 322 g/mol. The highest BCUT2D eigenvalue weighted by atomic mass is 16.5. The molecule has 7 nitrogen and oxygen atoms in total. The van der Waals surface area contributed by atoms with E-state index in [-0.39, 0.29) is 23.4 Å². The Labute approximate surface area is 135 Å². The number of esters is 1. The van der Waals surface area contributed by atoms with E-state index in [1.807, 2.05) is 0 Å². The quantitative estimate of drug-likeness (QED) is 0.212. The summed E-state index contributed by atoms with van der Waals surface area (Å²) < 4.78 is 4.54. The van der Waals surface area contributed by atoms with Crippen molar-refractivity contribution in [3.63, 3.8) is 0 Å². The minimum absolute atomic E-state index is 0.215. The van der Waals surface area contributed by atoms with Crippen molar-refractivity contribution >= 4 is 18.1 Å². The van der Waals surface area contributed by atoms with Crippen LogP contribution in [0.25, 0.3) is 0 Å². The molecule has 0 aliphatic heterocycles. The van der Waals surface area contributed by atoms with E-state index in [9.17, 15) is 19.8 Å². The number of carbonyl (C=O) groups excluding carboxylic acids is 2.